The van der Waals surface area contributed by atoms with Crippen molar-refractivity contribution in [1.82, 2.24) is 5.32 Å². The van der Waals surface area contributed by atoms with Gasteiger partial charge in [0.25, 0.3) is 11.4 Å². The second-order valence-corrected chi connectivity index (χ2v) is 7.63. The molecule has 0 saturated heterocycles. The van der Waals surface area contributed by atoms with Crippen LogP contribution >= 0.6 is 0 Å². The smallest absolute Gasteiger partial charge is 0.326 e. The van der Waals surface area contributed by atoms with Crippen molar-refractivity contribution in [2.24, 2.45) is 5.92 Å². The number of hydrogen-bond donors (Lipinski definition) is 3. The van der Waals surface area contributed by atoms with Crippen LogP contribution in [0.3, 0.4) is 0 Å². The van der Waals surface area contributed by atoms with Crippen molar-refractivity contribution in [3.8, 4) is 0 Å². The molecule has 0 aliphatic carbocycles. The van der Waals surface area contributed by atoms with Gasteiger partial charge in [-0.3, -0.25) is 25.0 Å². The number of nitrogens with one attached hydrogen (secondary N) is 2. The average molecular weight is 444 g/mol. The number of hydrogen-bond acceptors (Lipinski definition) is 7. The number of aliphatic carboxylic acids is 1. The summed E-state index contributed by atoms with van der Waals surface area (Å²) in [4.78, 5) is 45.4. The molecule has 0 bridgehead atoms. The molecule has 0 spiro atoms. The van der Waals surface area contributed by atoms with Crippen molar-refractivity contribution in [2.45, 2.75) is 38.8 Å². The van der Waals surface area contributed by atoms with Crippen molar-refractivity contribution in [3.05, 3.63) is 74.3 Å². The van der Waals surface area contributed by atoms with Crippen molar-refractivity contribution in [2.75, 3.05) is 5.32 Å². The van der Waals surface area contributed by atoms with E-state index < -0.39 is 45.2 Å². The van der Waals surface area contributed by atoms with E-state index in [2.05, 4.69) is 10.6 Å². The van der Waals surface area contributed by atoms with Gasteiger partial charge in [0.05, 0.1) is 15.9 Å². The Kier molecular flexibility index (Phi) is 8.22. The van der Waals surface area contributed by atoms with Gasteiger partial charge >= 0.3 is 5.97 Å². The molecule has 2 aromatic rings. The Labute approximate surface area is 183 Å². The summed E-state index contributed by atoms with van der Waals surface area (Å²) in [6, 6.07) is 9.66. The fourth-order valence-electron chi connectivity index (χ4n) is 3.12. The van der Waals surface area contributed by atoms with E-state index >= 15 is 0 Å². The first-order valence-electron chi connectivity index (χ1n) is 9.85. The van der Waals surface area contributed by atoms with Gasteiger partial charge in [-0.05, 0) is 24.0 Å². The molecular formula is C21H24N4O7. The lowest BCUT2D eigenvalue weighted by molar-refractivity contribution is -0.393. The summed E-state index contributed by atoms with van der Waals surface area (Å²) in [7, 11) is 0. The molecule has 0 aromatic heterocycles. The van der Waals surface area contributed by atoms with Crippen LogP contribution in [0.15, 0.2) is 48.5 Å². The summed E-state index contributed by atoms with van der Waals surface area (Å²) >= 11 is 0. The molecule has 0 radical (unpaired) electrons. The van der Waals surface area contributed by atoms with Crippen molar-refractivity contribution >= 4 is 28.9 Å². The minimum atomic E-state index is -1.22. The average Bonchev–Trinajstić information content (AvgIpc) is 2.73. The van der Waals surface area contributed by atoms with Gasteiger partial charge in [0.2, 0.25) is 5.91 Å². The number of amides is 1. The van der Waals surface area contributed by atoms with E-state index in [1.54, 1.807) is 30.3 Å². The van der Waals surface area contributed by atoms with Gasteiger partial charge in [-0.1, -0.05) is 44.2 Å². The first-order chi connectivity index (χ1) is 15.1. The van der Waals surface area contributed by atoms with Crippen LogP contribution in [0.2, 0.25) is 0 Å². The first-order valence-corrected chi connectivity index (χ1v) is 9.85. The maximum atomic E-state index is 12.9. The number of rotatable bonds is 11. The van der Waals surface area contributed by atoms with Gasteiger partial charge < -0.3 is 15.7 Å². The van der Waals surface area contributed by atoms with E-state index in [0.29, 0.717) is 0 Å². The Bertz CT molecular complexity index is 995. The molecule has 2 rings (SSSR count). The molecule has 2 aromatic carbocycles. The summed E-state index contributed by atoms with van der Waals surface area (Å²) in [5, 5.41) is 37.1. The van der Waals surface area contributed by atoms with E-state index in [-0.39, 0.29) is 24.4 Å². The molecule has 2 atom stereocenters. The number of nitro groups is 2. The van der Waals surface area contributed by atoms with Crippen LogP contribution in [0.4, 0.5) is 17.1 Å². The van der Waals surface area contributed by atoms with E-state index in [1.807, 2.05) is 13.8 Å². The highest BCUT2D eigenvalue weighted by Crippen LogP contribution is 2.30. The van der Waals surface area contributed by atoms with E-state index in [4.69, 9.17) is 0 Å². The largest absolute Gasteiger partial charge is 0.480 e. The highest BCUT2D eigenvalue weighted by molar-refractivity contribution is 5.89. The molecule has 0 heterocycles. The van der Waals surface area contributed by atoms with Crippen molar-refractivity contribution in [1.29, 1.82) is 0 Å². The fraction of sp³-hybridized carbons (Fsp3) is 0.333. The third kappa shape index (κ3) is 6.76. The quantitative estimate of drug-likeness (QED) is 0.351. The monoisotopic (exact) mass is 444 g/mol. The Morgan fingerprint density at radius 3 is 2.19 bits per heavy atom. The van der Waals surface area contributed by atoms with Gasteiger partial charge in [0.1, 0.15) is 17.8 Å². The van der Waals surface area contributed by atoms with Crippen molar-refractivity contribution < 1.29 is 24.5 Å². The van der Waals surface area contributed by atoms with Crippen LogP contribution in [0.25, 0.3) is 0 Å². The molecule has 0 fully saturated rings. The molecule has 3 N–H and O–H groups in total. The highest BCUT2D eigenvalue weighted by atomic mass is 16.6. The second-order valence-electron chi connectivity index (χ2n) is 7.63. The normalized spacial score (nSPS) is 12.6. The molecule has 0 aliphatic rings. The molecule has 11 nitrogen and oxygen atoms in total. The third-order valence-electron chi connectivity index (χ3n) is 4.64. The van der Waals surface area contributed by atoms with Gasteiger partial charge in [-0.15, -0.1) is 0 Å². The number of carbonyl (C=O) groups excluding carboxylic acids is 1. The van der Waals surface area contributed by atoms with Gasteiger partial charge in [-0.25, -0.2) is 4.79 Å². The van der Waals surface area contributed by atoms with Crippen molar-refractivity contribution in [3.63, 3.8) is 0 Å². The zero-order valence-corrected chi connectivity index (χ0v) is 17.6. The van der Waals surface area contributed by atoms with Crippen LogP contribution < -0.4 is 10.6 Å². The number of non-ortho nitro benzene ring substituents is 1. The summed E-state index contributed by atoms with van der Waals surface area (Å²) in [6.45, 7) is 3.68. The molecule has 0 unspecified atom stereocenters. The topological polar surface area (TPSA) is 165 Å². The maximum absolute atomic E-state index is 12.9. The van der Waals surface area contributed by atoms with Gasteiger partial charge in [-0.2, -0.15) is 0 Å². The third-order valence-corrected chi connectivity index (χ3v) is 4.64. The van der Waals surface area contributed by atoms with Crippen LogP contribution in [0.5, 0.6) is 0 Å². The summed E-state index contributed by atoms with van der Waals surface area (Å²) < 4.78 is 0. The van der Waals surface area contributed by atoms with Gasteiger partial charge in [0, 0.05) is 12.5 Å². The number of benzene rings is 2. The highest BCUT2D eigenvalue weighted by Gasteiger charge is 2.29. The number of nitrogens with zero attached hydrogens (tertiary/aromatic N) is 2. The molecule has 1 amide bonds. The molecular weight excluding hydrogens is 420 g/mol. The lowest BCUT2D eigenvalue weighted by Gasteiger charge is -2.23. The summed E-state index contributed by atoms with van der Waals surface area (Å²) in [5.41, 5.74) is -0.364. The zero-order chi connectivity index (χ0) is 23.8. The Morgan fingerprint density at radius 2 is 1.66 bits per heavy atom. The SMILES string of the molecule is CC(C)C[C@H](Nc1ccc([N+](=O)[O-])cc1[N+](=O)[O-])C(=O)N[C@@H](Cc1ccccc1)C(=O)O. The predicted octanol–water partition coefficient (Wildman–Crippen LogP) is 3.14. The Balaban J connectivity index is 2.27. The Morgan fingerprint density at radius 1 is 1.00 bits per heavy atom. The van der Waals surface area contributed by atoms with E-state index in [1.165, 1.54) is 0 Å². The molecule has 0 saturated carbocycles. The number of carboxylic acids is 1. The van der Waals surface area contributed by atoms with Crippen LogP contribution in [-0.4, -0.2) is 38.9 Å². The van der Waals surface area contributed by atoms with Crippen LogP contribution in [0, 0.1) is 26.1 Å². The molecule has 11 heteroatoms. The first kappa shape index (κ1) is 24.3. The fourth-order valence-corrected chi connectivity index (χ4v) is 3.12. The minimum Gasteiger partial charge on any atom is -0.480 e. The van der Waals surface area contributed by atoms with E-state index in [0.717, 1.165) is 23.8 Å². The Hall–Kier alpha value is -4.02. The summed E-state index contributed by atoms with van der Waals surface area (Å²) in [5.74, 6) is -1.87. The van der Waals surface area contributed by atoms with Crippen LogP contribution in [0.1, 0.15) is 25.8 Å². The zero-order valence-electron chi connectivity index (χ0n) is 17.6. The lowest BCUT2D eigenvalue weighted by atomic mass is 10.0. The number of nitro benzene ring substituents is 2. The van der Waals surface area contributed by atoms with Crippen LogP contribution in [-0.2, 0) is 16.0 Å². The van der Waals surface area contributed by atoms with Gasteiger partial charge in [0.15, 0.2) is 0 Å². The standard InChI is InChI=1S/C21H24N4O7/c1-13(2)10-17(22-16-9-8-15(24(29)30)12-19(16)25(31)32)20(26)23-18(21(27)28)11-14-6-4-3-5-7-14/h3-9,12-13,17-18,22H,10-11H2,1-2H3,(H,23,26)(H,27,28)/t17-,18-/m0/s1. The molecule has 32 heavy (non-hydrogen) atoms. The number of anilines is 1. The van der Waals surface area contributed by atoms with E-state index in [9.17, 15) is 34.9 Å². The molecule has 170 valence electrons. The second kappa shape index (κ2) is 10.8. The number of carbonyl (C=O) groups is 2. The molecule has 0 aliphatic heterocycles. The minimum absolute atomic E-state index is 0.00671. The summed E-state index contributed by atoms with van der Waals surface area (Å²) in [6.07, 6.45) is 0.311. The number of carboxylic acid groups (broad SMARTS) is 1. The lowest BCUT2D eigenvalue weighted by Crippen LogP contribution is -2.49. The maximum Gasteiger partial charge on any atom is 0.326 e. The predicted molar refractivity (Wildman–Crippen MR) is 116 cm³/mol.